The van der Waals surface area contributed by atoms with Crippen molar-refractivity contribution in [2.24, 2.45) is 0 Å². The average Bonchev–Trinajstić information content (AvgIpc) is 3.06. The fraction of sp³-hybridized carbons (Fsp3) is 0.333. The van der Waals surface area contributed by atoms with Crippen molar-refractivity contribution in [3.8, 4) is 5.75 Å². The molecular formula is C21H23F3O4SSi. The van der Waals surface area contributed by atoms with Gasteiger partial charge in [-0.1, -0.05) is 64.1 Å². The maximum atomic E-state index is 13.0. The highest BCUT2D eigenvalue weighted by Crippen LogP contribution is 2.37. The van der Waals surface area contributed by atoms with Gasteiger partial charge in [-0.25, -0.2) is 0 Å². The van der Waals surface area contributed by atoms with Crippen molar-refractivity contribution in [3.63, 3.8) is 0 Å². The van der Waals surface area contributed by atoms with Gasteiger partial charge in [0.05, 0.1) is 5.38 Å². The van der Waals surface area contributed by atoms with Gasteiger partial charge in [0.25, 0.3) is 0 Å². The number of para-hydroxylation sites is 2. The third kappa shape index (κ3) is 3.64. The Balaban J connectivity index is 2.29. The van der Waals surface area contributed by atoms with Gasteiger partial charge in [0, 0.05) is 5.39 Å². The summed E-state index contributed by atoms with van der Waals surface area (Å²) < 4.78 is 73.4. The van der Waals surface area contributed by atoms with Crippen LogP contribution in [-0.4, -0.2) is 22.0 Å². The highest BCUT2D eigenvalue weighted by molar-refractivity contribution is 7.88. The van der Waals surface area contributed by atoms with E-state index in [4.69, 9.17) is 4.42 Å². The minimum Gasteiger partial charge on any atom is -0.466 e. The number of furan rings is 1. The van der Waals surface area contributed by atoms with Crippen LogP contribution in [0.1, 0.15) is 27.7 Å². The molecule has 0 aliphatic rings. The normalized spacial score (nSPS) is 13.4. The molecule has 0 saturated carbocycles. The van der Waals surface area contributed by atoms with E-state index in [0.717, 1.165) is 5.39 Å². The molecule has 0 N–H and O–H groups in total. The summed E-state index contributed by atoms with van der Waals surface area (Å²) in [6.07, 6.45) is 0. The Morgan fingerprint density at radius 3 is 2.07 bits per heavy atom. The predicted octanol–water partition coefficient (Wildman–Crippen LogP) is 5.04. The standard InChI is InChI=1S/C21H23F3O4SSi/c1-14(2)30(15(3)4,20-13-16-9-5-6-10-17(16)27-20)19-12-8-7-11-18(19)28-29(25,26)21(22,23)24/h5-15H,1-4H3. The molecule has 0 aliphatic carbocycles. The topological polar surface area (TPSA) is 56.5 Å². The van der Waals surface area contributed by atoms with Crippen LogP contribution in [0.25, 0.3) is 11.0 Å². The molecule has 0 radical (unpaired) electrons. The van der Waals surface area contributed by atoms with Crippen LogP contribution in [0.4, 0.5) is 13.2 Å². The van der Waals surface area contributed by atoms with Crippen LogP contribution < -0.4 is 14.8 Å². The number of rotatable bonds is 6. The predicted molar refractivity (Wildman–Crippen MR) is 113 cm³/mol. The Bertz CT molecular complexity index is 1110. The molecule has 0 spiro atoms. The molecular weight excluding hydrogens is 433 g/mol. The molecule has 2 aromatic carbocycles. The first kappa shape index (κ1) is 22.4. The highest BCUT2D eigenvalue weighted by Gasteiger charge is 2.52. The summed E-state index contributed by atoms with van der Waals surface area (Å²) in [4.78, 5) is 0. The molecule has 1 aromatic heterocycles. The minimum absolute atomic E-state index is 0.0172. The van der Waals surface area contributed by atoms with E-state index in [9.17, 15) is 21.6 Å². The third-order valence-corrected chi connectivity index (χ3v) is 12.4. The molecule has 1 heterocycles. The monoisotopic (exact) mass is 456 g/mol. The number of halogens is 3. The van der Waals surface area contributed by atoms with E-state index < -0.39 is 23.7 Å². The molecule has 0 fully saturated rings. The van der Waals surface area contributed by atoms with Crippen LogP contribution in [0.2, 0.25) is 11.1 Å². The van der Waals surface area contributed by atoms with Gasteiger partial charge in [0.2, 0.25) is 0 Å². The van der Waals surface area contributed by atoms with Crippen molar-refractivity contribution < 1.29 is 30.2 Å². The summed E-state index contributed by atoms with van der Waals surface area (Å²) in [7, 11) is -8.71. The van der Waals surface area contributed by atoms with Crippen molar-refractivity contribution in [2.75, 3.05) is 0 Å². The van der Waals surface area contributed by atoms with E-state index >= 15 is 0 Å². The second kappa shape index (κ2) is 7.77. The summed E-state index contributed by atoms with van der Waals surface area (Å²) in [5.41, 5.74) is -4.88. The van der Waals surface area contributed by atoms with Crippen LogP contribution >= 0.6 is 0 Å². The van der Waals surface area contributed by atoms with Gasteiger partial charge < -0.3 is 8.60 Å². The molecule has 0 atom stereocenters. The molecule has 4 nitrogen and oxygen atoms in total. The van der Waals surface area contributed by atoms with Gasteiger partial charge in [-0.3, -0.25) is 0 Å². The number of fused-ring (bicyclic) bond motifs is 1. The van der Waals surface area contributed by atoms with E-state index in [2.05, 4.69) is 4.18 Å². The Hall–Kier alpha value is -2.26. The van der Waals surface area contributed by atoms with Gasteiger partial charge in [-0.15, -0.1) is 0 Å². The Morgan fingerprint density at radius 2 is 1.50 bits per heavy atom. The zero-order valence-electron chi connectivity index (χ0n) is 17.0. The SMILES string of the molecule is CC(C)[Si](c1cc2ccccc2o1)(c1ccccc1OS(=O)(=O)C(F)(F)F)C(C)C. The van der Waals surface area contributed by atoms with Gasteiger partial charge >= 0.3 is 15.6 Å². The maximum absolute atomic E-state index is 13.0. The van der Waals surface area contributed by atoms with Crippen molar-refractivity contribution >= 4 is 39.7 Å². The first-order chi connectivity index (χ1) is 13.9. The average molecular weight is 457 g/mol. The van der Waals surface area contributed by atoms with Gasteiger partial charge in [0.15, 0.2) is 8.07 Å². The van der Waals surface area contributed by atoms with E-state index in [-0.39, 0.29) is 16.8 Å². The van der Waals surface area contributed by atoms with E-state index in [1.54, 1.807) is 12.1 Å². The van der Waals surface area contributed by atoms with Crippen LogP contribution in [0.3, 0.4) is 0 Å². The number of alkyl halides is 3. The molecule has 30 heavy (non-hydrogen) atoms. The van der Waals surface area contributed by atoms with E-state index in [1.807, 2.05) is 58.0 Å². The Morgan fingerprint density at radius 1 is 0.933 bits per heavy atom. The number of hydrogen-bond acceptors (Lipinski definition) is 4. The largest absolute Gasteiger partial charge is 0.534 e. The number of hydrogen-bond donors (Lipinski definition) is 0. The summed E-state index contributed by atoms with van der Waals surface area (Å²) >= 11 is 0. The highest BCUT2D eigenvalue weighted by atomic mass is 32.2. The van der Waals surface area contributed by atoms with Gasteiger partial charge in [-0.05, 0) is 34.5 Å². The van der Waals surface area contributed by atoms with Gasteiger partial charge in [0.1, 0.15) is 11.3 Å². The fourth-order valence-corrected chi connectivity index (χ4v) is 10.3. The Kier molecular flexibility index (Phi) is 5.81. The lowest BCUT2D eigenvalue weighted by Crippen LogP contribution is -2.62. The van der Waals surface area contributed by atoms with Crippen LogP contribution in [0.15, 0.2) is 59.0 Å². The molecule has 0 aliphatic heterocycles. The first-order valence-corrected chi connectivity index (χ1v) is 13.1. The molecule has 3 rings (SSSR count). The second-order valence-corrected chi connectivity index (χ2v) is 14.4. The minimum atomic E-state index is -5.80. The zero-order valence-corrected chi connectivity index (χ0v) is 18.8. The summed E-state index contributed by atoms with van der Waals surface area (Å²) in [5.74, 6) is -0.302. The van der Waals surface area contributed by atoms with Gasteiger partial charge in [-0.2, -0.15) is 21.6 Å². The second-order valence-electron chi connectivity index (χ2n) is 7.81. The smallest absolute Gasteiger partial charge is 0.466 e. The molecule has 0 unspecified atom stereocenters. The van der Waals surface area contributed by atoms with Crippen molar-refractivity contribution in [3.05, 3.63) is 54.6 Å². The van der Waals surface area contributed by atoms with E-state index in [0.29, 0.717) is 16.2 Å². The van der Waals surface area contributed by atoms with Crippen molar-refractivity contribution in [1.29, 1.82) is 0 Å². The summed E-state index contributed by atoms with van der Waals surface area (Å²) in [6, 6.07) is 15.4. The quantitative estimate of drug-likeness (QED) is 0.296. The number of benzene rings is 2. The lowest BCUT2D eigenvalue weighted by molar-refractivity contribution is -0.0499. The van der Waals surface area contributed by atoms with Crippen LogP contribution in [-0.2, 0) is 10.1 Å². The lowest BCUT2D eigenvalue weighted by Gasteiger charge is -2.38. The third-order valence-electron chi connectivity index (χ3n) is 5.47. The van der Waals surface area contributed by atoms with Crippen LogP contribution in [0.5, 0.6) is 5.75 Å². The summed E-state index contributed by atoms with van der Waals surface area (Å²) in [6.45, 7) is 7.92. The molecule has 9 heteroatoms. The molecule has 162 valence electrons. The fourth-order valence-electron chi connectivity index (χ4n) is 4.22. The van der Waals surface area contributed by atoms with Crippen molar-refractivity contribution in [1.82, 2.24) is 0 Å². The summed E-state index contributed by atoms with van der Waals surface area (Å²) in [5, 5.41) is 2.02. The zero-order chi connectivity index (χ0) is 22.3. The van der Waals surface area contributed by atoms with E-state index in [1.165, 1.54) is 12.1 Å². The van der Waals surface area contributed by atoms with Crippen LogP contribution in [0, 0.1) is 0 Å². The van der Waals surface area contributed by atoms with Crippen molar-refractivity contribution in [2.45, 2.75) is 44.3 Å². The first-order valence-electron chi connectivity index (χ1n) is 9.50. The molecule has 0 saturated heterocycles. The molecule has 0 bridgehead atoms. The Labute approximate surface area is 174 Å². The lowest BCUT2D eigenvalue weighted by atomic mass is 10.3. The molecule has 0 amide bonds. The molecule has 3 aromatic rings. The maximum Gasteiger partial charge on any atom is 0.534 e.